The van der Waals surface area contributed by atoms with Crippen LogP contribution in [-0.2, 0) is 9.59 Å². The fourth-order valence-corrected chi connectivity index (χ4v) is 4.58. The third-order valence-electron chi connectivity index (χ3n) is 6.41. The smallest absolute Gasteiger partial charge is 0.254 e. The third-order valence-corrected chi connectivity index (χ3v) is 6.41. The average Bonchev–Trinajstić information content (AvgIpc) is 3.11. The third kappa shape index (κ3) is 5.39. The molecule has 36 heavy (non-hydrogen) atoms. The Bertz CT molecular complexity index is 1230. The molecule has 1 atom stereocenters. The normalized spacial score (nSPS) is 17.2. The Morgan fingerprint density at radius 2 is 1.75 bits per heavy atom. The van der Waals surface area contributed by atoms with Gasteiger partial charge in [0.25, 0.3) is 5.91 Å². The van der Waals surface area contributed by atoms with Crippen molar-refractivity contribution in [1.29, 1.82) is 0 Å². The van der Waals surface area contributed by atoms with Crippen molar-refractivity contribution >= 4 is 35.2 Å². The lowest BCUT2D eigenvalue weighted by Crippen LogP contribution is -2.34. The van der Waals surface area contributed by atoms with Gasteiger partial charge in [-0.05, 0) is 48.2 Å². The van der Waals surface area contributed by atoms with Crippen molar-refractivity contribution in [2.24, 2.45) is 10.7 Å². The lowest BCUT2D eigenvalue weighted by molar-refractivity contribution is -0.127. The summed E-state index contributed by atoms with van der Waals surface area (Å²) in [5.74, 6) is -0.233. The Morgan fingerprint density at radius 1 is 1.08 bits per heavy atom. The molecule has 0 aliphatic carbocycles. The van der Waals surface area contributed by atoms with E-state index < -0.39 is 6.10 Å². The minimum Gasteiger partial charge on any atom is -0.387 e. The molecule has 8 nitrogen and oxygen atoms in total. The van der Waals surface area contributed by atoms with Gasteiger partial charge in [0, 0.05) is 36.2 Å². The van der Waals surface area contributed by atoms with Crippen molar-refractivity contribution in [3.8, 4) is 11.1 Å². The van der Waals surface area contributed by atoms with Gasteiger partial charge in [-0.2, -0.15) is 0 Å². The summed E-state index contributed by atoms with van der Waals surface area (Å²) < 4.78 is 0. The van der Waals surface area contributed by atoms with Crippen LogP contribution in [0.15, 0.2) is 53.0 Å². The summed E-state index contributed by atoms with van der Waals surface area (Å²) in [5.41, 5.74) is 10.6. The Balaban J connectivity index is 1.57. The summed E-state index contributed by atoms with van der Waals surface area (Å²) in [5, 5.41) is 9.63. The molecular weight excluding hydrogens is 456 g/mol. The van der Waals surface area contributed by atoms with Crippen LogP contribution in [0.5, 0.6) is 0 Å². The SMILES string of the molecule is CCCN(CCC)C(=O)C1=Cc2ccc(-c3ccc(C(=O)N4CC(=O)[C@H](O)C4)cc3)cc2N=C(N)C1. The second-order valence-electron chi connectivity index (χ2n) is 9.26. The number of aliphatic hydroxyl groups excluding tert-OH is 1. The van der Waals surface area contributed by atoms with Crippen LogP contribution in [0.2, 0.25) is 0 Å². The van der Waals surface area contributed by atoms with E-state index in [9.17, 15) is 19.5 Å². The molecule has 2 amide bonds. The first kappa shape index (κ1) is 25.3. The second kappa shape index (κ2) is 10.9. The molecule has 2 aromatic carbocycles. The fraction of sp³-hybridized carbons (Fsp3) is 0.357. The zero-order valence-corrected chi connectivity index (χ0v) is 20.7. The van der Waals surface area contributed by atoms with Crippen LogP contribution in [0.25, 0.3) is 17.2 Å². The van der Waals surface area contributed by atoms with Gasteiger partial charge >= 0.3 is 0 Å². The number of amides is 2. The van der Waals surface area contributed by atoms with Crippen LogP contribution in [-0.4, -0.2) is 70.6 Å². The Kier molecular flexibility index (Phi) is 7.64. The van der Waals surface area contributed by atoms with Crippen molar-refractivity contribution in [2.75, 3.05) is 26.2 Å². The van der Waals surface area contributed by atoms with Gasteiger partial charge in [-0.15, -0.1) is 0 Å². The first-order valence-electron chi connectivity index (χ1n) is 12.4. The number of Topliss-reactive ketones (excluding diaryl/α,β-unsaturated/α-hetero) is 1. The zero-order chi connectivity index (χ0) is 25.8. The number of carbonyl (C=O) groups excluding carboxylic acids is 3. The molecule has 2 aliphatic rings. The van der Waals surface area contributed by atoms with E-state index in [0.717, 1.165) is 29.5 Å². The van der Waals surface area contributed by atoms with Crippen LogP contribution in [0, 0.1) is 0 Å². The molecule has 0 spiro atoms. The highest BCUT2D eigenvalue weighted by molar-refractivity contribution is 6.05. The fourth-order valence-electron chi connectivity index (χ4n) is 4.58. The molecule has 2 aliphatic heterocycles. The number of rotatable bonds is 7. The molecule has 0 aromatic heterocycles. The van der Waals surface area contributed by atoms with Crippen LogP contribution in [0.1, 0.15) is 49.0 Å². The molecule has 0 radical (unpaired) electrons. The van der Waals surface area contributed by atoms with Crippen LogP contribution in [0.3, 0.4) is 0 Å². The van der Waals surface area contributed by atoms with Gasteiger partial charge in [0.15, 0.2) is 5.78 Å². The van der Waals surface area contributed by atoms with E-state index in [1.807, 2.05) is 41.3 Å². The lowest BCUT2D eigenvalue weighted by Gasteiger charge is -2.22. The highest BCUT2D eigenvalue weighted by Gasteiger charge is 2.32. The molecule has 1 saturated heterocycles. The van der Waals surface area contributed by atoms with Gasteiger partial charge in [-0.1, -0.05) is 38.1 Å². The molecule has 188 valence electrons. The number of nitrogens with two attached hydrogens (primary N) is 1. The number of amidine groups is 1. The Hall–Kier alpha value is -3.78. The number of β-amino-alcohol motifs (C(OH)–C–C–N with tert-alkyl or cyclic N) is 1. The maximum absolute atomic E-state index is 13.2. The van der Waals surface area contributed by atoms with Crippen LogP contribution in [0.4, 0.5) is 5.69 Å². The number of likely N-dealkylation sites (tertiary alicyclic amines) is 1. The highest BCUT2D eigenvalue weighted by atomic mass is 16.3. The average molecular weight is 489 g/mol. The molecule has 2 heterocycles. The minimum atomic E-state index is -1.10. The van der Waals surface area contributed by atoms with Crippen LogP contribution < -0.4 is 5.73 Å². The van der Waals surface area contributed by atoms with E-state index in [2.05, 4.69) is 18.8 Å². The van der Waals surface area contributed by atoms with E-state index in [4.69, 9.17) is 5.73 Å². The predicted molar refractivity (Wildman–Crippen MR) is 140 cm³/mol. The summed E-state index contributed by atoms with van der Waals surface area (Å²) in [4.78, 5) is 45.2. The van der Waals surface area contributed by atoms with E-state index in [1.54, 1.807) is 12.1 Å². The van der Waals surface area contributed by atoms with Crippen molar-refractivity contribution in [1.82, 2.24) is 9.80 Å². The lowest BCUT2D eigenvalue weighted by atomic mass is 9.99. The van der Waals surface area contributed by atoms with Crippen molar-refractivity contribution in [3.63, 3.8) is 0 Å². The molecule has 2 aromatic rings. The van der Waals surface area contributed by atoms with Crippen molar-refractivity contribution in [2.45, 2.75) is 39.2 Å². The largest absolute Gasteiger partial charge is 0.387 e. The number of ketones is 1. The highest BCUT2D eigenvalue weighted by Crippen LogP contribution is 2.32. The monoisotopic (exact) mass is 488 g/mol. The molecule has 3 N–H and O–H groups in total. The van der Waals surface area contributed by atoms with Gasteiger partial charge in [-0.3, -0.25) is 14.4 Å². The van der Waals surface area contributed by atoms with Gasteiger partial charge in [0.1, 0.15) is 11.9 Å². The van der Waals surface area contributed by atoms with Gasteiger partial charge in [-0.25, -0.2) is 4.99 Å². The second-order valence-corrected chi connectivity index (χ2v) is 9.26. The van der Waals surface area contributed by atoms with E-state index in [1.165, 1.54) is 4.90 Å². The molecule has 1 fully saturated rings. The summed E-state index contributed by atoms with van der Waals surface area (Å²) >= 11 is 0. The summed E-state index contributed by atoms with van der Waals surface area (Å²) in [7, 11) is 0. The topological polar surface area (TPSA) is 116 Å². The number of benzene rings is 2. The maximum Gasteiger partial charge on any atom is 0.254 e. The number of hydrogen-bond donors (Lipinski definition) is 2. The number of aliphatic hydroxyl groups is 1. The first-order valence-corrected chi connectivity index (χ1v) is 12.4. The number of nitrogens with zero attached hydrogens (tertiary/aromatic N) is 3. The summed E-state index contributed by atoms with van der Waals surface area (Å²) in [6.07, 6.45) is 2.87. The van der Waals surface area contributed by atoms with Gasteiger partial charge in [0.05, 0.1) is 18.8 Å². The maximum atomic E-state index is 13.2. The number of carbonyl (C=O) groups is 3. The number of aliphatic imine (C=N–C) groups is 1. The molecular formula is C28H32N4O4. The standard InChI is InChI=1S/C28H32N4O4/c1-3-11-31(12-4-2)28(36)22-13-21-10-9-20(14-23(21)30-26(29)15-22)18-5-7-19(8-6-18)27(35)32-16-24(33)25(34)17-32/h5-10,13-14,24,33H,3-4,11-12,15-17H2,1-2H3,(H2,29,30)/t24-/m1/s1. The minimum absolute atomic E-state index is 0.00116. The molecule has 8 heteroatoms. The summed E-state index contributed by atoms with van der Waals surface area (Å²) in [6, 6.07) is 12.9. The van der Waals surface area contributed by atoms with Crippen molar-refractivity contribution in [3.05, 3.63) is 59.2 Å². The van der Waals surface area contributed by atoms with Crippen molar-refractivity contribution < 1.29 is 19.5 Å². The number of hydrogen-bond acceptors (Lipinski definition) is 6. The van der Waals surface area contributed by atoms with Gasteiger partial charge in [0.2, 0.25) is 5.91 Å². The molecule has 4 rings (SSSR count). The Labute approximate surface area is 211 Å². The van der Waals surface area contributed by atoms with E-state index in [-0.39, 0.29) is 30.7 Å². The Morgan fingerprint density at radius 3 is 2.36 bits per heavy atom. The van der Waals surface area contributed by atoms with E-state index >= 15 is 0 Å². The molecule has 0 bridgehead atoms. The zero-order valence-electron chi connectivity index (χ0n) is 20.7. The van der Waals surface area contributed by atoms with Crippen LogP contribution >= 0.6 is 0 Å². The first-order chi connectivity index (χ1) is 17.3. The van der Waals surface area contributed by atoms with E-state index in [0.29, 0.717) is 42.2 Å². The molecule has 0 saturated carbocycles. The molecule has 0 unspecified atom stereocenters. The quantitative estimate of drug-likeness (QED) is 0.621. The van der Waals surface area contributed by atoms with Gasteiger partial charge < -0.3 is 20.6 Å². The number of fused-ring (bicyclic) bond motifs is 1. The summed E-state index contributed by atoms with van der Waals surface area (Å²) in [6.45, 7) is 5.49. The predicted octanol–water partition coefficient (Wildman–Crippen LogP) is 3.16.